The lowest BCUT2D eigenvalue weighted by Crippen LogP contribution is -2.26. The lowest BCUT2D eigenvalue weighted by atomic mass is 10.2. The number of pyridine rings is 1. The molecule has 0 radical (unpaired) electrons. The Hall–Kier alpha value is -2.37. The number of aromatic carboxylic acids is 1. The van der Waals surface area contributed by atoms with Crippen LogP contribution in [0, 0.1) is 0 Å². The van der Waals surface area contributed by atoms with Crippen molar-refractivity contribution in [1.29, 1.82) is 0 Å². The smallest absolute Gasteiger partial charge is 0.337 e. The van der Waals surface area contributed by atoms with Crippen LogP contribution in [0.3, 0.4) is 0 Å². The molecule has 0 saturated carbocycles. The molecule has 0 aromatic carbocycles. The molecular weight excluding hydrogens is 234 g/mol. The van der Waals surface area contributed by atoms with Gasteiger partial charge in [-0.3, -0.25) is 9.48 Å². The Labute approximate surface area is 103 Å². The van der Waals surface area contributed by atoms with Crippen LogP contribution in [0.15, 0.2) is 41.6 Å². The topological polar surface area (TPSA) is 77.1 Å². The molecule has 0 amide bonds. The van der Waals surface area contributed by atoms with Gasteiger partial charge in [0.05, 0.1) is 18.2 Å². The van der Waals surface area contributed by atoms with Crippen molar-refractivity contribution in [3.63, 3.8) is 0 Å². The number of carboxylic acids is 1. The third kappa shape index (κ3) is 2.48. The summed E-state index contributed by atoms with van der Waals surface area (Å²) in [6.45, 7) is 2.35. The third-order valence-electron chi connectivity index (χ3n) is 2.67. The molecule has 2 aromatic heterocycles. The van der Waals surface area contributed by atoms with E-state index in [4.69, 9.17) is 5.11 Å². The highest BCUT2D eigenvalue weighted by Crippen LogP contribution is 2.07. The van der Waals surface area contributed by atoms with Gasteiger partial charge in [-0.1, -0.05) is 0 Å². The van der Waals surface area contributed by atoms with Crippen LogP contribution < -0.4 is 5.56 Å². The standard InChI is InChI=1S/C12H13N3O3/c1-9(7-14-6-2-5-13-14)15-8-10(12(17)18)3-4-11(15)16/h2-6,8-9H,7H2,1H3,(H,17,18). The van der Waals surface area contributed by atoms with Crippen molar-refractivity contribution < 1.29 is 9.90 Å². The summed E-state index contributed by atoms with van der Waals surface area (Å²) < 4.78 is 3.11. The molecule has 2 rings (SSSR count). The summed E-state index contributed by atoms with van der Waals surface area (Å²) in [4.78, 5) is 22.6. The maximum atomic E-state index is 11.7. The second-order valence-corrected chi connectivity index (χ2v) is 4.05. The molecule has 0 spiro atoms. The van der Waals surface area contributed by atoms with Crippen LogP contribution >= 0.6 is 0 Å². The number of hydrogen-bond acceptors (Lipinski definition) is 3. The van der Waals surface area contributed by atoms with Gasteiger partial charge in [-0.2, -0.15) is 5.10 Å². The van der Waals surface area contributed by atoms with Crippen LogP contribution in [0.25, 0.3) is 0 Å². The predicted octanol–water partition coefficient (Wildman–Crippen LogP) is 1.00. The molecule has 2 aromatic rings. The molecule has 1 atom stereocenters. The minimum absolute atomic E-state index is 0.0990. The molecule has 0 aliphatic rings. The van der Waals surface area contributed by atoms with Crippen molar-refractivity contribution in [1.82, 2.24) is 14.3 Å². The monoisotopic (exact) mass is 247 g/mol. The fourth-order valence-electron chi connectivity index (χ4n) is 1.74. The van der Waals surface area contributed by atoms with Gasteiger partial charge >= 0.3 is 5.97 Å². The van der Waals surface area contributed by atoms with E-state index in [1.807, 2.05) is 6.92 Å². The zero-order chi connectivity index (χ0) is 13.1. The summed E-state index contributed by atoms with van der Waals surface area (Å²) in [7, 11) is 0. The largest absolute Gasteiger partial charge is 0.478 e. The first kappa shape index (κ1) is 12.1. The zero-order valence-corrected chi connectivity index (χ0v) is 9.85. The number of carboxylic acid groups (broad SMARTS) is 1. The Morgan fingerprint density at radius 1 is 1.50 bits per heavy atom. The van der Waals surface area contributed by atoms with E-state index in [1.165, 1.54) is 22.9 Å². The van der Waals surface area contributed by atoms with E-state index in [0.717, 1.165) is 0 Å². The van der Waals surface area contributed by atoms with E-state index < -0.39 is 5.97 Å². The van der Waals surface area contributed by atoms with Crippen molar-refractivity contribution in [2.75, 3.05) is 0 Å². The summed E-state index contributed by atoms with van der Waals surface area (Å²) in [5.41, 5.74) is -0.124. The summed E-state index contributed by atoms with van der Waals surface area (Å²) in [5, 5.41) is 13.0. The maximum absolute atomic E-state index is 11.7. The van der Waals surface area contributed by atoms with E-state index >= 15 is 0 Å². The molecule has 0 fully saturated rings. The van der Waals surface area contributed by atoms with E-state index in [1.54, 1.807) is 23.1 Å². The van der Waals surface area contributed by atoms with Gasteiger partial charge < -0.3 is 9.67 Å². The molecule has 18 heavy (non-hydrogen) atoms. The van der Waals surface area contributed by atoms with E-state index in [0.29, 0.717) is 6.54 Å². The van der Waals surface area contributed by atoms with Crippen LogP contribution in [0.1, 0.15) is 23.3 Å². The number of aromatic nitrogens is 3. The van der Waals surface area contributed by atoms with Gasteiger partial charge in [0.25, 0.3) is 5.56 Å². The first-order chi connectivity index (χ1) is 8.58. The molecule has 2 heterocycles. The summed E-state index contributed by atoms with van der Waals surface area (Å²) >= 11 is 0. The van der Waals surface area contributed by atoms with Crippen molar-refractivity contribution >= 4 is 5.97 Å². The molecule has 94 valence electrons. The Morgan fingerprint density at radius 3 is 2.89 bits per heavy atom. The lowest BCUT2D eigenvalue weighted by molar-refractivity contribution is 0.0695. The Morgan fingerprint density at radius 2 is 2.28 bits per heavy atom. The van der Waals surface area contributed by atoms with Gasteiger partial charge in [0.1, 0.15) is 0 Å². The highest BCUT2D eigenvalue weighted by Gasteiger charge is 2.11. The first-order valence-corrected chi connectivity index (χ1v) is 5.51. The second-order valence-electron chi connectivity index (χ2n) is 4.05. The highest BCUT2D eigenvalue weighted by atomic mass is 16.4. The van der Waals surface area contributed by atoms with Crippen molar-refractivity contribution in [2.45, 2.75) is 19.5 Å². The summed E-state index contributed by atoms with van der Waals surface area (Å²) in [6, 6.07) is 4.20. The molecular formula is C12H13N3O3. The second kappa shape index (κ2) is 4.87. The van der Waals surface area contributed by atoms with Gasteiger partial charge in [-0.25, -0.2) is 4.79 Å². The molecule has 0 aliphatic heterocycles. The molecule has 6 heteroatoms. The number of rotatable bonds is 4. The fourth-order valence-corrected chi connectivity index (χ4v) is 1.74. The van der Waals surface area contributed by atoms with Gasteiger partial charge in [-0.15, -0.1) is 0 Å². The highest BCUT2D eigenvalue weighted by molar-refractivity contribution is 5.87. The molecule has 0 aliphatic carbocycles. The predicted molar refractivity (Wildman–Crippen MR) is 64.6 cm³/mol. The number of carbonyl (C=O) groups is 1. The van der Waals surface area contributed by atoms with Gasteiger partial charge in [0.2, 0.25) is 0 Å². The molecule has 1 unspecified atom stereocenters. The number of nitrogens with zero attached hydrogens (tertiary/aromatic N) is 3. The third-order valence-corrected chi connectivity index (χ3v) is 2.67. The SMILES string of the molecule is CC(Cn1cccn1)n1cc(C(=O)O)ccc1=O. The van der Waals surface area contributed by atoms with E-state index in [9.17, 15) is 9.59 Å². The molecule has 0 saturated heterocycles. The minimum Gasteiger partial charge on any atom is -0.478 e. The van der Waals surface area contributed by atoms with E-state index in [2.05, 4.69) is 5.10 Å². The maximum Gasteiger partial charge on any atom is 0.337 e. The first-order valence-electron chi connectivity index (χ1n) is 5.51. The van der Waals surface area contributed by atoms with Crippen molar-refractivity contribution in [3.05, 3.63) is 52.7 Å². The molecule has 1 N–H and O–H groups in total. The average molecular weight is 247 g/mol. The molecule has 6 nitrogen and oxygen atoms in total. The van der Waals surface area contributed by atoms with Crippen LogP contribution in [0.4, 0.5) is 0 Å². The summed E-state index contributed by atoms with van der Waals surface area (Å²) in [5.74, 6) is -1.05. The zero-order valence-electron chi connectivity index (χ0n) is 9.85. The lowest BCUT2D eigenvalue weighted by Gasteiger charge is -2.15. The Bertz CT molecular complexity index is 601. The number of hydrogen-bond donors (Lipinski definition) is 1. The molecule has 0 bridgehead atoms. The van der Waals surface area contributed by atoms with Crippen LogP contribution in [-0.2, 0) is 6.54 Å². The normalized spacial score (nSPS) is 12.3. The van der Waals surface area contributed by atoms with E-state index in [-0.39, 0.29) is 17.2 Å². The average Bonchev–Trinajstić information content (AvgIpc) is 2.81. The van der Waals surface area contributed by atoms with Crippen LogP contribution in [0.2, 0.25) is 0 Å². The van der Waals surface area contributed by atoms with Gasteiger partial charge in [0.15, 0.2) is 0 Å². The van der Waals surface area contributed by atoms with Crippen LogP contribution in [0.5, 0.6) is 0 Å². The Balaban J connectivity index is 2.29. The fraction of sp³-hybridized carbons (Fsp3) is 0.250. The van der Waals surface area contributed by atoms with Gasteiger partial charge in [0, 0.05) is 24.7 Å². The van der Waals surface area contributed by atoms with Crippen molar-refractivity contribution in [3.8, 4) is 0 Å². The summed E-state index contributed by atoms with van der Waals surface area (Å²) in [6.07, 6.45) is 4.81. The van der Waals surface area contributed by atoms with Crippen LogP contribution in [-0.4, -0.2) is 25.4 Å². The van der Waals surface area contributed by atoms with Crippen molar-refractivity contribution in [2.24, 2.45) is 0 Å². The Kier molecular flexibility index (Phi) is 3.27. The minimum atomic E-state index is -1.05. The van der Waals surface area contributed by atoms with Gasteiger partial charge in [-0.05, 0) is 19.1 Å². The quantitative estimate of drug-likeness (QED) is 0.874.